The summed E-state index contributed by atoms with van der Waals surface area (Å²) in [5.74, 6) is 0.325. The fourth-order valence-electron chi connectivity index (χ4n) is 2.53. The van der Waals surface area contributed by atoms with Crippen LogP contribution >= 0.6 is 0 Å². The van der Waals surface area contributed by atoms with Gasteiger partial charge in [-0.2, -0.15) is 0 Å². The number of benzene rings is 2. The zero-order chi connectivity index (χ0) is 19.2. The summed E-state index contributed by atoms with van der Waals surface area (Å²) < 4.78 is 5.36. The minimum atomic E-state index is -0.605. The molecule has 1 aromatic heterocycles. The second-order valence-electron chi connectivity index (χ2n) is 5.84. The third-order valence-electron chi connectivity index (χ3n) is 3.81. The molecule has 3 aromatic rings. The number of nitrogens with two attached hydrogens (primary N) is 2. The predicted octanol–water partition coefficient (Wildman–Crippen LogP) is 1.84. The molecule has 0 aliphatic rings. The summed E-state index contributed by atoms with van der Waals surface area (Å²) in [6.07, 6.45) is 1.78. The Hall–Kier alpha value is -3.81. The fraction of sp³-hybridized carbons (Fsp3) is 0.105. The van der Waals surface area contributed by atoms with Crippen LogP contribution in [0.25, 0.3) is 11.3 Å². The van der Waals surface area contributed by atoms with Crippen molar-refractivity contribution in [2.24, 2.45) is 11.5 Å². The van der Waals surface area contributed by atoms with Gasteiger partial charge in [0.2, 0.25) is 0 Å². The maximum Gasteiger partial charge on any atom is 0.255 e. The lowest BCUT2D eigenvalue weighted by molar-refractivity contribution is -0.119. The Morgan fingerprint density at radius 3 is 2.67 bits per heavy atom. The van der Waals surface area contributed by atoms with E-state index in [2.05, 4.69) is 15.3 Å². The standard InChI is InChI=1S/C19H20N6O2/c20-17(26)11-27-16-8-13(6-7-14(16)19(21)22)23-10-18-24-9-15(25-18)12-4-2-1-3-5-12/h1-9,23H,10-11H2,(H2,20,26)(H3,21,22)(H,24,25). The molecule has 0 aliphatic carbocycles. The molecule has 1 amide bonds. The number of ether oxygens (including phenoxy) is 1. The summed E-state index contributed by atoms with van der Waals surface area (Å²) in [5.41, 5.74) is 13.8. The molecule has 8 nitrogen and oxygen atoms in total. The molecule has 27 heavy (non-hydrogen) atoms. The van der Waals surface area contributed by atoms with Crippen molar-refractivity contribution < 1.29 is 9.53 Å². The summed E-state index contributed by atoms with van der Waals surface area (Å²) in [7, 11) is 0. The first-order valence-electron chi connectivity index (χ1n) is 8.25. The number of amidine groups is 1. The van der Waals surface area contributed by atoms with Gasteiger partial charge in [-0.15, -0.1) is 0 Å². The second kappa shape index (κ2) is 8.05. The van der Waals surface area contributed by atoms with Crippen molar-refractivity contribution >= 4 is 17.4 Å². The van der Waals surface area contributed by atoms with Gasteiger partial charge in [-0.1, -0.05) is 30.3 Å². The number of hydrogen-bond donors (Lipinski definition) is 5. The molecule has 0 atom stereocenters. The minimum Gasteiger partial charge on any atom is -0.483 e. The van der Waals surface area contributed by atoms with E-state index < -0.39 is 5.91 Å². The van der Waals surface area contributed by atoms with Crippen molar-refractivity contribution in [3.05, 3.63) is 66.1 Å². The number of imidazole rings is 1. The van der Waals surface area contributed by atoms with Gasteiger partial charge in [0.05, 0.1) is 24.0 Å². The van der Waals surface area contributed by atoms with Gasteiger partial charge in [-0.05, 0) is 17.7 Å². The molecule has 0 spiro atoms. The molecule has 8 heteroatoms. The number of anilines is 1. The molecule has 0 unspecified atom stereocenters. The molecule has 0 fully saturated rings. The van der Waals surface area contributed by atoms with Crippen LogP contribution in [0.5, 0.6) is 5.75 Å². The number of aromatic amines is 1. The van der Waals surface area contributed by atoms with Crippen molar-refractivity contribution in [2.45, 2.75) is 6.54 Å². The van der Waals surface area contributed by atoms with E-state index in [-0.39, 0.29) is 12.4 Å². The summed E-state index contributed by atoms with van der Waals surface area (Å²) >= 11 is 0. The molecule has 3 rings (SSSR count). The van der Waals surface area contributed by atoms with Gasteiger partial charge in [-0.3, -0.25) is 10.2 Å². The number of carbonyl (C=O) groups excluding carboxylic acids is 1. The molecule has 2 aromatic carbocycles. The third-order valence-corrected chi connectivity index (χ3v) is 3.81. The normalized spacial score (nSPS) is 10.4. The highest BCUT2D eigenvalue weighted by Gasteiger charge is 2.10. The van der Waals surface area contributed by atoms with Crippen LogP contribution in [0.15, 0.2) is 54.7 Å². The van der Waals surface area contributed by atoms with Gasteiger partial charge in [0.15, 0.2) is 6.61 Å². The van der Waals surface area contributed by atoms with Gasteiger partial charge >= 0.3 is 0 Å². The maximum atomic E-state index is 11.0. The van der Waals surface area contributed by atoms with E-state index in [0.717, 1.165) is 22.8 Å². The number of aromatic nitrogens is 2. The molecule has 1 heterocycles. The van der Waals surface area contributed by atoms with Crippen LogP contribution < -0.4 is 21.5 Å². The average molecular weight is 364 g/mol. The summed E-state index contributed by atoms with van der Waals surface area (Å²) in [6, 6.07) is 15.0. The predicted molar refractivity (Wildman–Crippen MR) is 103 cm³/mol. The minimum absolute atomic E-state index is 0.153. The number of hydrogen-bond acceptors (Lipinski definition) is 5. The number of nitrogens with one attached hydrogen (secondary N) is 3. The number of H-pyrrole nitrogens is 1. The molecule has 0 radical (unpaired) electrons. The Bertz CT molecular complexity index is 952. The van der Waals surface area contributed by atoms with Crippen LogP contribution in [0.1, 0.15) is 11.4 Å². The van der Waals surface area contributed by atoms with Crippen LogP contribution in [0.2, 0.25) is 0 Å². The number of rotatable bonds is 8. The Morgan fingerprint density at radius 1 is 1.19 bits per heavy atom. The lowest BCUT2D eigenvalue weighted by Crippen LogP contribution is -2.22. The largest absolute Gasteiger partial charge is 0.483 e. The van der Waals surface area contributed by atoms with Gasteiger partial charge in [0.1, 0.15) is 17.4 Å². The van der Waals surface area contributed by atoms with Crippen molar-refractivity contribution in [3.63, 3.8) is 0 Å². The highest BCUT2D eigenvalue weighted by atomic mass is 16.5. The van der Waals surface area contributed by atoms with Crippen LogP contribution in [0.4, 0.5) is 5.69 Å². The van der Waals surface area contributed by atoms with E-state index >= 15 is 0 Å². The van der Waals surface area contributed by atoms with Crippen molar-refractivity contribution in [3.8, 4) is 17.0 Å². The van der Waals surface area contributed by atoms with Crippen LogP contribution in [-0.2, 0) is 11.3 Å². The maximum absolute atomic E-state index is 11.0. The lowest BCUT2D eigenvalue weighted by Gasteiger charge is -2.12. The van der Waals surface area contributed by atoms with E-state index in [1.807, 2.05) is 30.3 Å². The number of nitrogens with zero attached hydrogens (tertiary/aromatic N) is 1. The Morgan fingerprint density at radius 2 is 1.96 bits per heavy atom. The van der Waals surface area contributed by atoms with E-state index in [9.17, 15) is 4.79 Å². The Kier molecular flexibility index (Phi) is 5.36. The highest BCUT2D eigenvalue weighted by molar-refractivity contribution is 5.98. The van der Waals surface area contributed by atoms with Gasteiger partial charge in [0, 0.05) is 11.8 Å². The summed E-state index contributed by atoms with van der Waals surface area (Å²) in [5, 5.41) is 10.8. The smallest absolute Gasteiger partial charge is 0.255 e. The first-order valence-corrected chi connectivity index (χ1v) is 8.25. The van der Waals surface area contributed by atoms with Gasteiger partial charge in [-0.25, -0.2) is 4.98 Å². The molecule has 7 N–H and O–H groups in total. The zero-order valence-electron chi connectivity index (χ0n) is 14.5. The third kappa shape index (κ3) is 4.63. The molecule has 0 aliphatic heterocycles. The lowest BCUT2D eigenvalue weighted by atomic mass is 10.1. The van der Waals surface area contributed by atoms with Crippen LogP contribution in [0.3, 0.4) is 0 Å². The zero-order valence-corrected chi connectivity index (χ0v) is 14.5. The average Bonchev–Trinajstić information content (AvgIpc) is 3.14. The SMILES string of the molecule is N=C(N)c1ccc(NCc2ncc(-c3ccccc3)[nH]2)cc1OCC(N)=O. The van der Waals surface area contributed by atoms with Crippen LogP contribution in [-0.4, -0.2) is 28.3 Å². The fourth-order valence-corrected chi connectivity index (χ4v) is 2.53. The number of carbonyl (C=O) groups is 1. The van der Waals surface area contributed by atoms with Gasteiger partial charge in [0.25, 0.3) is 5.91 Å². The van der Waals surface area contributed by atoms with Crippen LogP contribution in [0, 0.1) is 5.41 Å². The number of amides is 1. The van der Waals surface area contributed by atoms with E-state index in [0.29, 0.717) is 17.9 Å². The molecular formula is C19H20N6O2. The van der Waals surface area contributed by atoms with Gasteiger partial charge < -0.3 is 26.5 Å². The monoisotopic (exact) mass is 364 g/mol. The topological polar surface area (TPSA) is 143 Å². The van der Waals surface area contributed by atoms with Crippen molar-refractivity contribution in [2.75, 3.05) is 11.9 Å². The molecule has 0 saturated carbocycles. The second-order valence-corrected chi connectivity index (χ2v) is 5.84. The van der Waals surface area contributed by atoms with E-state index in [4.69, 9.17) is 21.6 Å². The van der Waals surface area contributed by atoms with E-state index in [1.165, 1.54) is 0 Å². The first-order chi connectivity index (χ1) is 13.0. The number of nitrogen functional groups attached to an aromatic ring is 1. The van der Waals surface area contributed by atoms with Crippen molar-refractivity contribution in [1.82, 2.24) is 9.97 Å². The van der Waals surface area contributed by atoms with E-state index in [1.54, 1.807) is 24.4 Å². The molecule has 138 valence electrons. The molecular weight excluding hydrogens is 344 g/mol. The molecule has 0 saturated heterocycles. The molecule has 0 bridgehead atoms. The quantitative estimate of drug-likeness (QED) is 0.306. The Balaban J connectivity index is 1.70. The Labute approximate surface area is 156 Å². The first kappa shape index (κ1) is 18.0. The number of primary amides is 1. The highest BCUT2D eigenvalue weighted by Crippen LogP contribution is 2.24. The summed E-state index contributed by atoms with van der Waals surface area (Å²) in [4.78, 5) is 18.6. The summed E-state index contributed by atoms with van der Waals surface area (Å²) in [6.45, 7) is 0.170. The van der Waals surface area contributed by atoms with Crippen molar-refractivity contribution in [1.29, 1.82) is 5.41 Å².